The minimum absolute atomic E-state index is 0.0229. The van der Waals surface area contributed by atoms with Crippen LogP contribution in [-0.4, -0.2) is 51.7 Å². The monoisotopic (exact) mass is 454 g/mol. The van der Waals surface area contributed by atoms with Crippen LogP contribution in [0.5, 0.6) is 0 Å². The number of aromatic nitrogens is 2. The molecular weight excluding hydrogens is 423 g/mol. The molecule has 3 heterocycles. The van der Waals surface area contributed by atoms with Gasteiger partial charge in [0.05, 0.1) is 11.1 Å². The molecule has 7 heteroatoms. The van der Waals surface area contributed by atoms with Crippen molar-refractivity contribution in [2.45, 2.75) is 38.8 Å². The number of carbonyl (C=O) groups is 1. The lowest BCUT2D eigenvalue weighted by molar-refractivity contribution is 0.0587. The van der Waals surface area contributed by atoms with Crippen LogP contribution in [0.15, 0.2) is 48.0 Å². The molecule has 32 heavy (non-hydrogen) atoms. The number of halogens is 1. The number of aryl methyl sites for hydroxylation is 1. The summed E-state index contributed by atoms with van der Waals surface area (Å²) < 4.78 is 16.4. The molecule has 0 radical (unpaired) electrons. The standard InChI is InChI=1S/C25H31FN4OS/c1-18-21(16-27-29(18)3)17-30-12-10-19(11-13-30)23(15-20-7-4-5-8-22(20)26)28(2)25(31)24-9-6-14-32-24/h4-9,14,16,19,23H,10-13,15,17H2,1-3H3/t23-/m1/s1. The van der Waals surface area contributed by atoms with Gasteiger partial charge in [-0.3, -0.25) is 14.4 Å². The van der Waals surface area contributed by atoms with Gasteiger partial charge in [0, 0.05) is 37.9 Å². The molecule has 1 saturated heterocycles. The van der Waals surface area contributed by atoms with E-state index in [0.29, 0.717) is 17.9 Å². The first-order valence-electron chi connectivity index (χ1n) is 11.2. The third-order valence-electron chi connectivity index (χ3n) is 6.84. The topological polar surface area (TPSA) is 41.4 Å². The van der Waals surface area contributed by atoms with Crippen molar-refractivity contribution >= 4 is 17.2 Å². The first kappa shape index (κ1) is 22.7. The molecule has 1 amide bonds. The normalized spacial score (nSPS) is 16.2. The second kappa shape index (κ2) is 9.96. The van der Waals surface area contributed by atoms with Crippen LogP contribution in [0, 0.1) is 18.7 Å². The molecule has 0 N–H and O–H groups in total. The van der Waals surface area contributed by atoms with E-state index in [2.05, 4.69) is 16.9 Å². The summed E-state index contributed by atoms with van der Waals surface area (Å²) in [6.45, 7) is 4.93. The van der Waals surface area contributed by atoms with Crippen molar-refractivity contribution in [1.82, 2.24) is 19.6 Å². The molecule has 1 fully saturated rings. The second-order valence-electron chi connectivity index (χ2n) is 8.75. The molecule has 170 valence electrons. The van der Waals surface area contributed by atoms with Crippen molar-refractivity contribution in [2.75, 3.05) is 20.1 Å². The van der Waals surface area contributed by atoms with Gasteiger partial charge >= 0.3 is 0 Å². The first-order chi connectivity index (χ1) is 15.4. The van der Waals surface area contributed by atoms with Gasteiger partial charge in [0.1, 0.15) is 5.82 Å². The van der Waals surface area contributed by atoms with Crippen LogP contribution in [0.1, 0.15) is 39.3 Å². The molecule has 0 aliphatic carbocycles. The third kappa shape index (κ3) is 4.94. The van der Waals surface area contributed by atoms with E-state index >= 15 is 0 Å². The highest BCUT2D eigenvalue weighted by Crippen LogP contribution is 2.29. The summed E-state index contributed by atoms with van der Waals surface area (Å²) in [6, 6.07) is 10.7. The Labute approximate surface area is 193 Å². The molecule has 5 nitrogen and oxygen atoms in total. The van der Waals surface area contributed by atoms with Crippen LogP contribution >= 0.6 is 11.3 Å². The largest absolute Gasteiger partial charge is 0.337 e. The molecule has 0 bridgehead atoms. The second-order valence-corrected chi connectivity index (χ2v) is 9.70. The Morgan fingerprint density at radius 2 is 1.97 bits per heavy atom. The predicted molar refractivity (Wildman–Crippen MR) is 126 cm³/mol. The van der Waals surface area contributed by atoms with E-state index in [1.165, 1.54) is 28.7 Å². The maximum absolute atomic E-state index is 14.5. The molecule has 1 atom stereocenters. The Bertz CT molecular complexity index is 1040. The van der Waals surface area contributed by atoms with Crippen molar-refractivity contribution in [2.24, 2.45) is 13.0 Å². The Hall–Kier alpha value is -2.51. The fourth-order valence-electron chi connectivity index (χ4n) is 4.67. The summed E-state index contributed by atoms with van der Waals surface area (Å²) in [4.78, 5) is 18.2. The van der Waals surface area contributed by atoms with Crippen molar-refractivity contribution < 1.29 is 9.18 Å². The summed E-state index contributed by atoms with van der Waals surface area (Å²) in [5.74, 6) is 0.156. The summed E-state index contributed by atoms with van der Waals surface area (Å²) in [7, 11) is 3.84. The number of amides is 1. The van der Waals surface area contributed by atoms with Crippen molar-refractivity contribution in [3.8, 4) is 0 Å². The van der Waals surface area contributed by atoms with Gasteiger partial charge in [0.25, 0.3) is 5.91 Å². The average Bonchev–Trinajstić information content (AvgIpc) is 3.45. The van der Waals surface area contributed by atoms with E-state index in [1.54, 1.807) is 6.07 Å². The first-order valence-corrected chi connectivity index (χ1v) is 12.1. The van der Waals surface area contributed by atoms with E-state index in [0.717, 1.165) is 37.4 Å². The number of piperidine rings is 1. The molecule has 1 aromatic carbocycles. The summed E-state index contributed by atoms with van der Waals surface area (Å²) in [6.07, 6.45) is 4.46. The van der Waals surface area contributed by atoms with E-state index in [-0.39, 0.29) is 17.8 Å². The Morgan fingerprint density at radius 3 is 2.59 bits per heavy atom. The zero-order valence-corrected chi connectivity index (χ0v) is 19.8. The zero-order valence-electron chi connectivity index (χ0n) is 19.0. The lowest BCUT2D eigenvalue weighted by atomic mass is 9.84. The van der Waals surface area contributed by atoms with Gasteiger partial charge in [0.2, 0.25) is 0 Å². The SMILES string of the molecule is Cc1c(CN2CCC([C@@H](Cc3ccccc3F)N(C)C(=O)c3cccs3)CC2)cnn1C. The molecular formula is C25H31FN4OS. The van der Waals surface area contributed by atoms with Crippen LogP contribution in [-0.2, 0) is 20.0 Å². The quantitative estimate of drug-likeness (QED) is 0.527. The number of rotatable bonds is 7. The molecule has 0 spiro atoms. The fourth-order valence-corrected chi connectivity index (χ4v) is 5.38. The van der Waals surface area contributed by atoms with E-state index in [1.807, 2.05) is 59.5 Å². The Morgan fingerprint density at radius 1 is 1.22 bits per heavy atom. The number of hydrogen-bond acceptors (Lipinski definition) is 4. The van der Waals surface area contributed by atoms with Gasteiger partial charge in [0.15, 0.2) is 0 Å². The molecule has 0 saturated carbocycles. The summed E-state index contributed by atoms with van der Waals surface area (Å²) >= 11 is 1.46. The van der Waals surface area contributed by atoms with Gasteiger partial charge < -0.3 is 4.90 Å². The maximum Gasteiger partial charge on any atom is 0.263 e. The maximum atomic E-state index is 14.5. The molecule has 4 rings (SSSR count). The van der Waals surface area contributed by atoms with Gasteiger partial charge in [-0.05, 0) is 68.3 Å². The zero-order chi connectivity index (χ0) is 22.7. The molecule has 1 aliphatic heterocycles. The number of carbonyl (C=O) groups excluding carboxylic acids is 1. The number of likely N-dealkylation sites (N-methyl/N-ethyl adjacent to an activating group) is 1. The van der Waals surface area contributed by atoms with E-state index in [4.69, 9.17) is 0 Å². The van der Waals surface area contributed by atoms with Gasteiger partial charge in [-0.15, -0.1) is 11.3 Å². The van der Waals surface area contributed by atoms with Crippen molar-refractivity contribution in [3.05, 3.63) is 75.5 Å². The Kier molecular flexibility index (Phi) is 7.06. The summed E-state index contributed by atoms with van der Waals surface area (Å²) in [5.41, 5.74) is 3.14. The lowest BCUT2D eigenvalue weighted by Crippen LogP contribution is -2.47. The van der Waals surface area contributed by atoms with Crippen LogP contribution in [0.4, 0.5) is 4.39 Å². The number of likely N-dealkylation sites (tertiary alicyclic amines) is 1. The Balaban J connectivity index is 1.48. The van der Waals surface area contributed by atoms with Crippen molar-refractivity contribution in [3.63, 3.8) is 0 Å². The third-order valence-corrected chi connectivity index (χ3v) is 7.70. The highest BCUT2D eigenvalue weighted by atomic mass is 32.1. The molecule has 3 aromatic rings. The van der Waals surface area contributed by atoms with Crippen molar-refractivity contribution in [1.29, 1.82) is 0 Å². The molecule has 2 aromatic heterocycles. The van der Waals surface area contributed by atoms with Crippen LogP contribution in [0.3, 0.4) is 0 Å². The minimum Gasteiger partial charge on any atom is -0.337 e. The van der Waals surface area contributed by atoms with Gasteiger partial charge in [-0.1, -0.05) is 24.3 Å². The van der Waals surface area contributed by atoms with E-state index < -0.39 is 0 Å². The highest BCUT2D eigenvalue weighted by molar-refractivity contribution is 7.12. The number of nitrogens with zero attached hydrogens (tertiary/aromatic N) is 4. The number of thiophene rings is 1. The van der Waals surface area contributed by atoms with Crippen LogP contribution in [0.25, 0.3) is 0 Å². The minimum atomic E-state index is -0.195. The number of hydrogen-bond donors (Lipinski definition) is 0. The molecule has 0 unspecified atom stereocenters. The van der Waals surface area contributed by atoms with Gasteiger partial charge in [-0.25, -0.2) is 4.39 Å². The predicted octanol–water partition coefficient (Wildman–Crippen LogP) is 4.52. The lowest BCUT2D eigenvalue weighted by Gasteiger charge is -2.40. The summed E-state index contributed by atoms with van der Waals surface area (Å²) in [5, 5.41) is 6.28. The van der Waals surface area contributed by atoms with Gasteiger partial charge in [-0.2, -0.15) is 5.10 Å². The average molecular weight is 455 g/mol. The van der Waals surface area contributed by atoms with Crippen LogP contribution in [0.2, 0.25) is 0 Å². The fraction of sp³-hybridized carbons (Fsp3) is 0.440. The highest BCUT2D eigenvalue weighted by Gasteiger charge is 2.33. The van der Waals surface area contributed by atoms with Crippen LogP contribution < -0.4 is 0 Å². The van der Waals surface area contributed by atoms with E-state index in [9.17, 15) is 9.18 Å². The smallest absolute Gasteiger partial charge is 0.263 e. The number of benzene rings is 1. The molecule has 1 aliphatic rings.